The monoisotopic (exact) mass is 248 g/mol. The number of hydrogen-bond acceptors (Lipinski definition) is 4. The van der Waals surface area contributed by atoms with Gasteiger partial charge in [-0.15, -0.1) is 0 Å². The fraction of sp³-hybridized carbons (Fsp3) is 0.571. The van der Waals surface area contributed by atoms with Crippen molar-refractivity contribution in [1.29, 1.82) is 0 Å². The molecule has 0 spiro atoms. The van der Waals surface area contributed by atoms with Gasteiger partial charge in [0.05, 0.1) is 11.4 Å². The Morgan fingerprint density at radius 3 is 2.33 bits per heavy atom. The number of rotatable bonds is 3. The molecule has 0 unspecified atom stereocenters. The summed E-state index contributed by atoms with van der Waals surface area (Å²) in [6, 6.07) is 0. The molecule has 4 heteroatoms. The molecule has 0 aromatic carbocycles. The normalized spacial score (nSPS) is 12.9. The molecule has 0 saturated heterocycles. The number of hydrogen-bond donors (Lipinski definition) is 0. The minimum absolute atomic E-state index is 0.0592. The molecule has 2 aromatic heterocycles. The van der Waals surface area contributed by atoms with Crippen molar-refractivity contribution in [3.8, 4) is 0 Å². The van der Waals surface area contributed by atoms with E-state index in [9.17, 15) is 0 Å². The van der Waals surface area contributed by atoms with Gasteiger partial charge in [-0.25, -0.2) is 9.97 Å². The van der Waals surface area contributed by atoms with E-state index in [4.69, 9.17) is 8.83 Å². The van der Waals surface area contributed by atoms with E-state index in [1.807, 2.05) is 0 Å². The summed E-state index contributed by atoms with van der Waals surface area (Å²) in [5, 5.41) is 0. The highest BCUT2D eigenvalue weighted by molar-refractivity contribution is 5.15. The van der Waals surface area contributed by atoms with Crippen molar-refractivity contribution in [2.45, 2.75) is 51.9 Å². The first-order valence-electron chi connectivity index (χ1n) is 6.12. The van der Waals surface area contributed by atoms with E-state index >= 15 is 0 Å². The average Bonchev–Trinajstić information content (AvgIpc) is 2.83. The Hall–Kier alpha value is -1.58. The third kappa shape index (κ3) is 2.63. The zero-order chi connectivity index (χ0) is 13.4. The Morgan fingerprint density at radius 2 is 1.83 bits per heavy atom. The molecular weight excluding hydrogens is 228 g/mol. The summed E-state index contributed by atoms with van der Waals surface area (Å²) < 4.78 is 10.6. The molecule has 0 radical (unpaired) electrons. The second kappa shape index (κ2) is 4.26. The van der Waals surface area contributed by atoms with Crippen LogP contribution in [0.4, 0.5) is 0 Å². The van der Waals surface area contributed by atoms with Gasteiger partial charge in [-0.1, -0.05) is 34.6 Å². The van der Waals surface area contributed by atoms with Crippen molar-refractivity contribution in [3.63, 3.8) is 0 Å². The Bertz CT molecular complexity index is 504. The van der Waals surface area contributed by atoms with E-state index in [-0.39, 0.29) is 10.8 Å². The van der Waals surface area contributed by atoms with Crippen LogP contribution in [-0.4, -0.2) is 9.97 Å². The van der Waals surface area contributed by atoms with E-state index in [0.29, 0.717) is 0 Å². The Morgan fingerprint density at radius 1 is 1.11 bits per heavy atom. The summed E-state index contributed by atoms with van der Waals surface area (Å²) in [7, 11) is 0. The highest BCUT2D eigenvalue weighted by Gasteiger charge is 2.27. The molecule has 0 N–H and O–H groups in total. The van der Waals surface area contributed by atoms with Crippen LogP contribution < -0.4 is 0 Å². The van der Waals surface area contributed by atoms with Gasteiger partial charge in [0.2, 0.25) is 0 Å². The summed E-state index contributed by atoms with van der Waals surface area (Å²) in [4.78, 5) is 8.77. The predicted octanol–water partition coefficient (Wildman–Crippen LogP) is 3.48. The van der Waals surface area contributed by atoms with Crippen LogP contribution >= 0.6 is 0 Å². The maximum Gasteiger partial charge on any atom is 0.199 e. The summed E-state index contributed by atoms with van der Waals surface area (Å²) >= 11 is 0. The summed E-state index contributed by atoms with van der Waals surface area (Å²) in [5.74, 6) is 0.772. The van der Waals surface area contributed by atoms with Crippen molar-refractivity contribution < 1.29 is 8.83 Å². The molecule has 2 aromatic rings. The lowest BCUT2D eigenvalue weighted by molar-refractivity contribution is 0.392. The van der Waals surface area contributed by atoms with E-state index in [1.165, 1.54) is 6.39 Å². The average molecular weight is 248 g/mol. The van der Waals surface area contributed by atoms with Crippen LogP contribution in [0.2, 0.25) is 0 Å². The quantitative estimate of drug-likeness (QED) is 0.834. The zero-order valence-corrected chi connectivity index (χ0v) is 11.7. The van der Waals surface area contributed by atoms with Gasteiger partial charge in [0.15, 0.2) is 12.3 Å². The van der Waals surface area contributed by atoms with Gasteiger partial charge in [-0.3, -0.25) is 0 Å². The lowest BCUT2D eigenvalue weighted by Gasteiger charge is -2.20. The van der Waals surface area contributed by atoms with Crippen molar-refractivity contribution in [3.05, 3.63) is 36.2 Å². The minimum Gasteiger partial charge on any atom is -0.451 e. The van der Waals surface area contributed by atoms with Gasteiger partial charge in [0, 0.05) is 17.3 Å². The highest BCUT2D eigenvalue weighted by Crippen LogP contribution is 2.28. The topological polar surface area (TPSA) is 52.1 Å². The minimum atomic E-state index is -0.112. The molecule has 98 valence electrons. The fourth-order valence-corrected chi connectivity index (χ4v) is 1.82. The maximum absolute atomic E-state index is 5.54. The lowest BCUT2D eigenvalue weighted by atomic mass is 9.85. The van der Waals surface area contributed by atoms with Gasteiger partial charge >= 0.3 is 0 Å². The molecule has 2 heterocycles. The van der Waals surface area contributed by atoms with Crippen LogP contribution in [0.25, 0.3) is 0 Å². The molecular formula is C14H20N2O2. The second-order valence-electron chi connectivity index (χ2n) is 6.33. The second-order valence-corrected chi connectivity index (χ2v) is 6.33. The lowest BCUT2D eigenvalue weighted by Crippen LogP contribution is -2.21. The first-order chi connectivity index (χ1) is 8.29. The standard InChI is InChI=1S/C14H20N2O2/c1-13(2,3)12-16-10(7-18-12)6-14(4,5)11-8-17-9-15-11/h7-9H,6H2,1-5H3. The third-order valence-corrected chi connectivity index (χ3v) is 2.94. The fourth-order valence-electron chi connectivity index (χ4n) is 1.82. The first kappa shape index (κ1) is 12.9. The predicted molar refractivity (Wildman–Crippen MR) is 68.4 cm³/mol. The van der Waals surface area contributed by atoms with Crippen molar-refractivity contribution >= 4 is 0 Å². The number of oxazole rings is 2. The van der Waals surface area contributed by atoms with E-state index in [2.05, 4.69) is 44.6 Å². The van der Waals surface area contributed by atoms with Crippen LogP contribution in [0.5, 0.6) is 0 Å². The summed E-state index contributed by atoms with van der Waals surface area (Å²) in [6.45, 7) is 10.5. The Balaban J connectivity index is 2.17. The largest absolute Gasteiger partial charge is 0.451 e. The molecule has 18 heavy (non-hydrogen) atoms. The van der Waals surface area contributed by atoms with Crippen LogP contribution in [-0.2, 0) is 17.3 Å². The molecule has 0 amide bonds. The van der Waals surface area contributed by atoms with E-state index in [1.54, 1.807) is 12.5 Å². The van der Waals surface area contributed by atoms with Crippen LogP contribution in [0.15, 0.2) is 27.8 Å². The zero-order valence-electron chi connectivity index (χ0n) is 11.7. The maximum atomic E-state index is 5.54. The van der Waals surface area contributed by atoms with Crippen molar-refractivity contribution in [2.75, 3.05) is 0 Å². The van der Waals surface area contributed by atoms with Crippen LogP contribution in [0.3, 0.4) is 0 Å². The molecule has 0 bridgehead atoms. The molecule has 0 fully saturated rings. The van der Waals surface area contributed by atoms with Gasteiger partial charge in [0.25, 0.3) is 0 Å². The summed E-state index contributed by atoms with van der Waals surface area (Å²) in [5.41, 5.74) is 1.71. The van der Waals surface area contributed by atoms with Crippen LogP contribution in [0, 0.1) is 0 Å². The third-order valence-electron chi connectivity index (χ3n) is 2.94. The van der Waals surface area contributed by atoms with E-state index in [0.717, 1.165) is 23.7 Å². The van der Waals surface area contributed by atoms with Crippen molar-refractivity contribution in [1.82, 2.24) is 9.97 Å². The molecule has 0 aliphatic carbocycles. The molecule has 0 saturated carbocycles. The van der Waals surface area contributed by atoms with E-state index < -0.39 is 0 Å². The van der Waals surface area contributed by atoms with Gasteiger partial charge < -0.3 is 8.83 Å². The highest BCUT2D eigenvalue weighted by atomic mass is 16.3. The first-order valence-corrected chi connectivity index (χ1v) is 6.12. The summed E-state index contributed by atoms with van der Waals surface area (Å²) in [6.07, 6.45) is 5.66. The van der Waals surface area contributed by atoms with Crippen LogP contribution in [0.1, 0.15) is 51.9 Å². The van der Waals surface area contributed by atoms with Crippen molar-refractivity contribution in [2.24, 2.45) is 0 Å². The van der Waals surface area contributed by atoms with Gasteiger partial charge in [-0.05, 0) is 0 Å². The van der Waals surface area contributed by atoms with Gasteiger partial charge in [0.1, 0.15) is 12.5 Å². The SMILES string of the molecule is CC(C)(C)c1nc(CC(C)(C)c2cocn2)co1. The molecule has 4 nitrogen and oxygen atoms in total. The Labute approximate surface area is 107 Å². The van der Waals surface area contributed by atoms with Gasteiger partial charge in [-0.2, -0.15) is 0 Å². The Kier molecular flexibility index (Phi) is 3.05. The molecule has 0 aliphatic heterocycles. The number of aromatic nitrogens is 2. The smallest absolute Gasteiger partial charge is 0.199 e. The molecule has 0 atom stereocenters. The molecule has 0 aliphatic rings. The molecule has 2 rings (SSSR count). The number of nitrogens with zero attached hydrogens (tertiary/aromatic N) is 2.